The van der Waals surface area contributed by atoms with E-state index in [-0.39, 0.29) is 17.7 Å². The fraction of sp³-hybridized carbons (Fsp3) is 0.440. The van der Waals surface area contributed by atoms with Gasteiger partial charge in [-0.1, -0.05) is 26.0 Å². The summed E-state index contributed by atoms with van der Waals surface area (Å²) in [4.78, 5) is 28.1. The predicted molar refractivity (Wildman–Crippen MR) is 123 cm³/mol. The molecule has 1 aliphatic heterocycles. The van der Waals surface area contributed by atoms with E-state index in [0.717, 1.165) is 5.56 Å². The zero-order chi connectivity index (χ0) is 23.3. The summed E-state index contributed by atoms with van der Waals surface area (Å²) in [5.41, 5.74) is 1.42. The Labute approximate surface area is 189 Å². The van der Waals surface area contributed by atoms with E-state index in [2.05, 4.69) is 19.2 Å². The molecule has 7 heteroatoms. The molecule has 0 spiro atoms. The van der Waals surface area contributed by atoms with Gasteiger partial charge in [0, 0.05) is 36.7 Å². The second-order valence-electron chi connectivity index (χ2n) is 8.37. The lowest BCUT2D eigenvalue weighted by Gasteiger charge is -2.22. The first-order valence-electron chi connectivity index (χ1n) is 10.8. The third kappa shape index (κ3) is 4.98. The van der Waals surface area contributed by atoms with Crippen LogP contribution in [0.15, 0.2) is 42.5 Å². The molecule has 7 nitrogen and oxygen atoms in total. The van der Waals surface area contributed by atoms with Gasteiger partial charge in [-0.3, -0.25) is 9.59 Å². The number of ether oxygens (including phenoxy) is 3. The molecule has 1 fully saturated rings. The number of methoxy groups -OCH3 is 3. The molecule has 0 aliphatic carbocycles. The van der Waals surface area contributed by atoms with Crippen molar-refractivity contribution in [2.24, 2.45) is 11.8 Å². The van der Waals surface area contributed by atoms with Crippen LogP contribution in [-0.2, 0) is 4.79 Å². The maximum absolute atomic E-state index is 13.2. The summed E-state index contributed by atoms with van der Waals surface area (Å²) in [6.07, 6.45) is 0. The average Bonchev–Trinajstić information content (AvgIpc) is 3.26. The molecule has 32 heavy (non-hydrogen) atoms. The molecule has 3 rings (SSSR count). The van der Waals surface area contributed by atoms with Crippen LogP contribution in [0.25, 0.3) is 0 Å². The van der Waals surface area contributed by atoms with Crippen molar-refractivity contribution in [1.29, 1.82) is 0 Å². The number of para-hydroxylation sites is 1. The van der Waals surface area contributed by atoms with E-state index in [9.17, 15) is 9.59 Å². The third-order valence-corrected chi connectivity index (χ3v) is 5.80. The minimum atomic E-state index is -0.392. The molecule has 1 N–H and O–H groups in total. The first kappa shape index (κ1) is 23.4. The number of benzene rings is 2. The van der Waals surface area contributed by atoms with Gasteiger partial charge in [0.05, 0.1) is 27.2 Å². The zero-order valence-corrected chi connectivity index (χ0v) is 19.4. The lowest BCUT2D eigenvalue weighted by atomic mass is 9.87. The Morgan fingerprint density at radius 1 is 1.00 bits per heavy atom. The Bertz CT molecular complexity index is 942. The molecule has 1 aliphatic rings. The quantitative estimate of drug-likeness (QED) is 0.681. The van der Waals surface area contributed by atoms with Crippen molar-refractivity contribution in [2.45, 2.75) is 19.8 Å². The number of hydrogen-bond donors (Lipinski definition) is 1. The standard InChI is InChI=1S/C25H32N2O5/c1-16(2)13-26-24(28)21-15-27(25(29)17-9-11-18(30-3)12-10-17)14-20(21)19-7-6-8-22(31-4)23(19)32-5/h6-12,16,20-21H,13-15H2,1-5H3,(H,26,28)/t20-,21+/m1/s1. The topological polar surface area (TPSA) is 77.1 Å². The van der Waals surface area contributed by atoms with Crippen LogP contribution in [0.2, 0.25) is 0 Å². The van der Waals surface area contributed by atoms with Crippen LogP contribution in [0.1, 0.15) is 35.7 Å². The fourth-order valence-corrected chi connectivity index (χ4v) is 4.11. The maximum Gasteiger partial charge on any atom is 0.253 e. The van der Waals surface area contributed by atoms with Gasteiger partial charge in [0.2, 0.25) is 5.91 Å². The van der Waals surface area contributed by atoms with Crippen LogP contribution in [0.5, 0.6) is 17.2 Å². The van der Waals surface area contributed by atoms with Crippen LogP contribution in [0.4, 0.5) is 0 Å². The number of nitrogens with one attached hydrogen (secondary N) is 1. The van der Waals surface area contributed by atoms with E-state index < -0.39 is 5.92 Å². The minimum absolute atomic E-state index is 0.0568. The van der Waals surface area contributed by atoms with Crippen molar-refractivity contribution in [1.82, 2.24) is 10.2 Å². The van der Waals surface area contributed by atoms with Crippen molar-refractivity contribution in [2.75, 3.05) is 41.0 Å². The van der Waals surface area contributed by atoms with E-state index in [1.807, 2.05) is 18.2 Å². The Hall–Kier alpha value is -3.22. The van der Waals surface area contributed by atoms with Gasteiger partial charge in [0.15, 0.2) is 11.5 Å². The van der Waals surface area contributed by atoms with Gasteiger partial charge in [0.25, 0.3) is 5.91 Å². The highest BCUT2D eigenvalue weighted by molar-refractivity contribution is 5.95. The molecule has 2 aromatic carbocycles. The highest BCUT2D eigenvalue weighted by atomic mass is 16.5. The van der Waals surface area contributed by atoms with Crippen LogP contribution >= 0.6 is 0 Å². The highest BCUT2D eigenvalue weighted by Crippen LogP contribution is 2.42. The van der Waals surface area contributed by atoms with E-state index in [0.29, 0.717) is 48.4 Å². The molecule has 0 bridgehead atoms. The van der Waals surface area contributed by atoms with Crippen LogP contribution in [0, 0.1) is 11.8 Å². The molecular formula is C25H32N2O5. The third-order valence-electron chi connectivity index (χ3n) is 5.80. The van der Waals surface area contributed by atoms with Gasteiger partial charge >= 0.3 is 0 Å². The van der Waals surface area contributed by atoms with E-state index in [1.54, 1.807) is 50.5 Å². The number of amides is 2. The van der Waals surface area contributed by atoms with Crippen molar-refractivity contribution in [3.63, 3.8) is 0 Å². The molecular weight excluding hydrogens is 408 g/mol. The number of hydrogen-bond acceptors (Lipinski definition) is 5. The van der Waals surface area contributed by atoms with Crippen molar-refractivity contribution >= 4 is 11.8 Å². The Morgan fingerprint density at radius 2 is 1.72 bits per heavy atom. The average molecular weight is 441 g/mol. The van der Waals surface area contributed by atoms with Gasteiger partial charge in [-0.15, -0.1) is 0 Å². The Morgan fingerprint density at radius 3 is 2.31 bits per heavy atom. The van der Waals surface area contributed by atoms with Crippen LogP contribution in [-0.4, -0.2) is 57.7 Å². The van der Waals surface area contributed by atoms with Crippen molar-refractivity contribution < 1.29 is 23.8 Å². The minimum Gasteiger partial charge on any atom is -0.497 e. The molecule has 2 atom stereocenters. The van der Waals surface area contributed by atoms with Crippen LogP contribution < -0.4 is 19.5 Å². The van der Waals surface area contributed by atoms with Gasteiger partial charge in [-0.25, -0.2) is 0 Å². The summed E-state index contributed by atoms with van der Waals surface area (Å²) < 4.78 is 16.3. The number of likely N-dealkylation sites (tertiary alicyclic amines) is 1. The number of carbonyl (C=O) groups excluding carboxylic acids is 2. The lowest BCUT2D eigenvalue weighted by molar-refractivity contribution is -0.125. The Kier molecular flexibility index (Phi) is 7.62. The molecule has 0 aromatic heterocycles. The second kappa shape index (κ2) is 10.4. The van der Waals surface area contributed by atoms with Crippen molar-refractivity contribution in [3.05, 3.63) is 53.6 Å². The normalized spacial score (nSPS) is 17.9. The molecule has 1 saturated heterocycles. The number of rotatable bonds is 8. The summed E-state index contributed by atoms with van der Waals surface area (Å²) in [5.74, 6) is 1.45. The molecule has 0 unspecified atom stereocenters. The zero-order valence-electron chi connectivity index (χ0n) is 19.4. The summed E-state index contributed by atoms with van der Waals surface area (Å²) in [7, 11) is 4.76. The van der Waals surface area contributed by atoms with E-state index in [1.165, 1.54) is 0 Å². The van der Waals surface area contributed by atoms with Gasteiger partial charge in [-0.05, 0) is 36.2 Å². The fourth-order valence-electron chi connectivity index (χ4n) is 4.11. The van der Waals surface area contributed by atoms with E-state index >= 15 is 0 Å². The lowest BCUT2D eigenvalue weighted by Crippen LogP contribution is -2.37. The summed E-state index contributed by atoms with van der Waals surface area (Å²) in [5, 5.41) is 3.04. The predicted octanol–water partition coefficient (Wildman–Crippen LogP) is 3.34. The first-order chi connectivity index (χ1) is 15.4. The molecule has 172 valence electrons. The van der Waals surface area contributed by atoms with Gasteiger partial charge in [-0.2, -0.15) is 0 Å². The van der Waals surface area contributed by atoms with Crippen molar-refractivity contribution in [3.8, 4) is 17.2 Å². The number of nitrogens with zero attached hydrogens (tertiary/aromatic N) is 1. The molecule has 2 aromatic rings. The monoisotopic (exact) mass is 440 g/mol. The SMILES string of the molecule is COc1ccc(C(=O)N2C[C@H](C(=O)NCC(C)C)[C@@H](c3cccc(OC)c3OC)C2)cc1. The Balaban J connectivity index is 1.92. The van der Waals surface area contributed by atoms with E-state index in [4.69, 9.17) is 14.2 Å². The molecule has 0 saturated carbocycles. The summed E-state index contributed by atoms with van der Waals surface area (Å²) in [6.45, 7) is 5.44. The van der Waals surface area contributed by atoms with Gasteiger partial charge in [0.1, 0.15) is 5.75 Å². The van der Waals surface area contributed by atoms with Crippen LogP contribution in [0.3, 0.4) is 0 Å². The highest BCUT2D eigenvalue weighted by Gasteiger charge is 2.42. The maximum atomic E-state index is 13.2. The number of carbonyl (C=O) groups is 2. The van der Waals surface area contributed by atoms with Gasteiger partial charge < -0.3 is 24.4 Å². The first-order valence-corrected chi connectivity index (χ1v) is 10.8. The molecule has 2 amide bonds. The summed E-state index contributed by atoms with van der Waals surface area (Å²) in [6, 6.07) is 12.7. The largest absolute Gasteiger partial charge is 0.497 e. The second-order valence-corrected chi connectivity index (χ2v) is 8.37. The summed E-state index contributed by atoms with van der Waals surface area (Å²) >= 11 is 0. The molecule has 1 heterocycles. The smallest absolute Gasteiger partial charge is 0.253 e. The molecule has 0 radical (unpaired) electrons.